The van der Waals surface area contributed by atoms with Crippen molar-refractivity contribution in [3.63, 3.8) is 0 Å². The Morgan fingerprint density at radius 3 is 2.18 bits per heavy atom. The molecule has 0 rings (SSSR count). The van der Waals surface area contributed by atoms with Crippen LogP contribution in [0.25, 0.3) is 0 Å². The van der Waals surface area contributed by atoms with Gasteiger partial charge in [-0.25, -0.2) is 0 Å². The third-order valence-corrected chi connectivity index (χ3v) is 1.88. The van der Waals surface area contributed by atoms with Crippen molar-refractivity contribution in [2.45, 2.75) is 40.2 Å². The molecule has 11 heavy (non-hydrogen) atoms. The molecule has 1 N–H and O–H groups in total. The van der Waals surface area contributed by atoms with E-state index in [2.05, 4.69) is 37.9 Å². The summed E-state index contributed by atoms with van der Waals surface area (Å²) in [6, 6.07) is 0.495. The molecule has 1 nitrogen and oxygen atoms in total. The molecule has 0 aliphatic carbocycles. The Kier molecular flexibility index (Phi) is 4.22. The van der Waals surface area contributed by atoms with Gasteiger partial charge in [-0.05, 0) is 19.4 Å². The SMILES string of the molecule is CC#CCC(NC)C(C)(C)C. The standard InChI is InChI=1S/C10H19N/c1-6-7-8-9(11-5)10(2,3)4/h9,11H,8H2,1-5H3. The highest BCUT2D eigenvalue weighted by molar-refractivity contribution is 5.00. The zero-order valence-electron chi connectivity index (χ0n) is 8.28. The average molecular weight is 153 g/mol. The van der Waals surface area contributed by atoms with Gasteiger partial charge in [-0.1, -0.05) is 20.8 Å². The predicted molar refractivity (Wildman–Crippen MR) is 50.4 cm³/mol. The summed E-state index contributed by atoms with van der Waals surface area (Å²) in [4.78, 5) is 0. The van der Waals surface area contributed by atoms with Crippen LogP contribution in [-0.4, -0.2) is 13.1 Å². The molecule has 0 spiro atoms. The van der Waals surface area contributed by atoms with Crippen molar-refractivity contribution in [1.29, 1.82) is 0 Å². The molecule has 1 heteroatoms. The first-order valence-electron chi connectivity index (χ1n) is 4.09. The molecule has 0 bridgehead atoms. The van der Waals surface area contributed by atoms with E-state index in [1.807, 2.05) is 14.0 Å². The summed E-state index contributed by atoms with van der Waals surface area (Å²) in [5.74, 6) is 6.01. The quantitative estimate of drug-likeness (QED) is 0.599. The van der Waals surface area contributed by atoms with Crippen molar-refractivity contribution in [3.05, 3.63) is 0 Å². The Hall–Kier alpha value is -0.480. The molecule has 0 aliphatic rings. The van der Waals surface area contributed by atoms with Crippen LogP contribution in [0, 0.1) is 17.3 Å². The smallest absolute Gasteiger partial charge is 0.0248 e. The van der Waals surface area contributed by atoms with Crippen LogP contribution in [0.5, 0.6) is 0 Å². The summed E-state index contributed by atoms with van der Waals surface area (Å²) in [7, 11) is 1.99. The highest BCUT2D eigenvalue weighted by Crippen LogP contribution is 2.20. The minimum absolute atomic E-state index is 0.304. The number of nitrogens with one attached hydrogen (secondary N) is 1. The van der Waals surface area contributed by atoms with E-state index < -0.39 is 0 Å². The number of rotatable bonds is 2. The van der Waals surface area contributed by atoms with Crippen molar-refractivity contribution in [1.82, 2.24) is 5.32 Å². The topological polar surface area (TPSA) is 12.0 Å². The minimum atomic E-state index is 0.304. The molecular formula is C10H19N. The van der Waals surface area contributed by atoms with E-state index in [1.165, 1.54) is 0 Å². The summed E-state index contributed by atoms with van der Waals surface area (Å²) in [5.41, 5.74) is 0.304. The normalized spacial score (nSPS) is 13.5. The molecule has 0 aromatic heterocycles. The maximum absolute atomic E-state index is 3.27. The fourth-order valence-corrected chi connectivity index (χ4v) is 1.05. The van der Waals surface area contributed by atoms with Crippen LogP contribution in [0.15, 0.2) is 0 Å². The maximum Gasteiger partial charge on any atom is 0.0248 e. The van der Waals surface area contributed by atoms with Crippen molar-refractivity contribution >= 4 is 0 Å². The van der Waals surface area contributed by atoms with Gasteiger partial charge in [-0.15, -0.1) is 11.8 Å². The lowest BCUT2D eigenvalue weighted by atomic mass is 9.85. The average Bonchev–Trinajstić information content (AvgIpc) is 1.87. The summed E-state index contributed by atoms with van der Waals surface area (Å²) in [5, 5.41) is 3.27. The maximum atomic E-state index is 3.27. The molecule has 0 radical (unpaired) electrons. The Morgan fingerprint density at radius 2 is 1.91 bits per heavy atom. The van der Waals surface area contributed by atoms with Gasteiger partial charge in [0.05, 0.1) is 0 Å². The molecule has 0 aromatic rings. The van der Waals surface area contributed by atoms with Crippen LogP contribution >= 0.6 is 0 Å². The molecule has 1 unspecified atom stereocenters. The molecule has 64 valence electrons. The second-order valence-electron chi connectivity index (χ2n) is 3.84. The van der Waals surface area contributed by atoms with Gasteiger partial charge in [0, 0.05) is 12.5 Å². The summed E-state index contributed by atoms with van der Waals surface area (Å²) in [6.45, 7) is 8.57. The fraction of sp³-hybridized carbons (Fsp3) is 0.800. The van der Waals surface area contributed by atoms with Crippen LogP contribution in [0.3, 0.4) is 0 Å². The monoisotopic (exact) mass is 153 g/mol. The van der Waals surface area contributed by atoms with Crippen LogP contribution in [0.2, 0.25) is 0 Å². The molecule has 1 atom stereocenters. The van der Waals surface area contributed by atoms with Crippen molar-refractivity contribution in [2.24, 2.45) is 5.41 Å². The lowest BCUT2D eigenvalue weighted by molar-refractivity contribution is 0.286. The van der Waals surface area contributed by atoms with Gasteiger partial charge in [0.15, 0.2) is 0 Å². The molecule has 0 aromatic carbocycles. The van der Waals surface area contributed by atoms with Gasteiger partial charge in [0.2, 0.25) is 0 Å². The second-order valence-corrected chi connectivity index (χ2v) is 3.84. The van der Waals surface area contributed by atoms with Crippen molar-refractivity contribution in [3.8, 4) is 11.8 Å². The lowest BCUT2D eigenvalue weighted by Crippen LogP contribution is -2.37. The van der Waals surface area contributed by atoms with E-state index in [0.717, 1.165) is 6.42 Å². The molecule has 0 saturated heterocycles. The van der Waals surface area contributed by atoms with Crippen LogP contribution < -0.4 is 5.32 Å². The van der Waals surface area contributed by atoms with Crippen LogP contribution in [0.1, 0.15) is 34.1 Å². The van der Waals surface area contributed by atoms with Gasteiger partial charge in [-0.2, -0.15) is 0 Å². The Labute approximate surface area is 70.6 Å². The van der Waals surface area contributed by atoms with Gasteiger partial charge in [0.25, 0.3) is 0 Å². The van der Waals surface area contributed by atoms with E-state index in [-0.39, 0.29) is 0 Å². The van der Waals surface area contributed by atoms with Gasteiger partial charge in [0.1, 0.15) is 0 Å². The molecule has 0 aliphatic heterocycles. The van der Waals surface area contributed by atoms with Crippen LogP contribution in [0.4, 0.5) is 0 Å². The zero-order chi connectivity index (χ0) is 8.91. The number of hydrogen-bond donors (Lipinski definition) is 1. The molecule has 0 fully saturated rings. The number of hydrogen-bond acceptors (Lipinski definition) is 1. The molecular weight excluding hydrogens is 134 g/mol. The fourth-order valence-electron chi connectivity index (χ4n) is 1.05. The van der Waals surface area contributed by atoms with E-state index in [0.29, 0.717) is 11.5 Å². The summed E-state index contributed by atoms with van der Waals surface area (Å²) in [6.07, 6.45) is 0.941. The zero-order valence-corrected chi connectivity index (χ0v) is 8.28. The van der Waals surface area contributed by atoms with Crippen LogP contribution in [-0.2, 0) is 0 Å². The van der Waals surface area contributed by atoms with E-state index >= 15 is 0 Å². The first-order valence-corrected chi connectivity index (χ1v) is 4.09. The summed E-state index contributed by atoms with van der Waals surface area (Å²) < 4.78 is 0. The predicted octanol–water partition coefficient (Wildman–Crippen LogP) is 2.03. The molecule has 0 heterocycles. The lowest BCUT2D eigenvalue weighted by Gasteiger charge is -2.28. The van der Waals surface area contributed by atoms with Crippen molar-refractivity contribution < 1.29 is 0 Å². The summed E-state index contributed by atoms with van der Waals surface area (Å²) >= 11 is 0. The third-order valence-electron chi connectivity index (χ3n) is 1.88. The van der Waals surface area contributed by atoms with Crippen molar-refractivity contribution in [2.75, 3.05) is 7.05 Å². The van der Waals surface area contributed by atoms with E-state index in [4.69, 9.17) is 0 Å². The Bertz CT molecular complexity index is 154. The highest BCUT2D eigenvalue weighted by atomic mass is 14.9. The van der Waals surface area contributed by atoms with Gasteiger partial charge < -0.3 is 5.32 Å². The van der Waals surface area contributed by atoms with Gasteiger partial charge >= 0.3 is 0 Å². The first kappa shape index (κ1) is 10.5. The Morgan fingerprint density at radius 1 is 1.36 bits per heavy atom. The van der Waals surface area contributed by atoms with E-state index in [1.54, 1.807) is 0 Å². The van der Waals surface area contributed by atoms with E-state index in [9.17, 15) is 0 Å². The minimum Gasteiger partial charge on any atom is -0.316 e. The highest BCUT2D eigenvalue weighted by Gasteiger charge is 2.21. The molecule has 0 amide bonds. The third kappa shape index (κ3) is 4.06. The first-order chi connectivity index (χ1) is 5.02. The molecule has 0 saturated carbocycles. The van der Waals surface area contributed by atoms with Gasteiger partial charge in [-0.3, -0.25) is 0 Å². The second kappa shape index (κ2) is 4.41. The largest absolute Gasteiger partial charge is 0.316 e. The Balaban J connectivity index is 4.03.